The fourth-order valence-electron chi connectivity index (χ4n) is 19.0. The zero-order chi connectivity index (χ0) is 55.8. The van der Waals surface area contributed by atoms with Crippen LogP contribution < -0.4 is 10.6 Å². The van der Waals surface area contributed by atoms with Gasteiger partial charge >= 0.3 is 24.1 Å². The predicted octanol–water partition coefficient (Wildman–Crippen LogP) is 15.1. The highest BCUT2D eigenvalue weighted by Crippen LogP contribution is 2.69. The summed E-state index contributed by atoms with van der Waals surface area (Å²) in [6, 6.07) is 0. The van der Waals surface area contributed by atoms with Gasteiger partial charge in [0.1, 0.15) is 12.2 Å². The molecule has 78 heavy (non-hydrogen) atoms. The summed E-state index contributed by atoms with van der Waals surface area (Å²) in [6.45, 7) is 24.7. The Morgan fingerprint density at radius 2 is 0.949 bits per heavy atom. The highest BCUT2D eigenvalue weighted by atomic mass is 16.6. The average molecular weight is 1080 g/mol. The molecule has 8 aliphatic rings. The van der Waals surface area contributed by atoms with Gasteiger partial charge in [0.25, 0.3) is 0 Å². The van der Waals surface area contributed by atoms with Crippen LogP contribution in [-0.2, 0) is 28.5 Å². The first-order chi connectivity index (χ1) is 37.2. The summed E-state index contributed by atoms with van der Waals surface area (Å²) in [5, 5.41) is 5.22. The zero-order valence-corrected chi connectivity index (χ0v) is 50.3. The largest absolute Gasteiger partial charge is 0.462 e. The molecular weight excluding hydrogens is 973 g/mol. The van der Waals surface area contributed by atoms with Crippen LogP contribution in [0.2, 0.25) is 0 Å². The minimum Gasteiger partial charge on any atom is -0.462 e. The summed E-state index contributed by atoms with van der Waals surface area (Å²) in [4.78, 5) is 50.3. The third kappa shape index (κ3) is 13.7. The predicted molar refractivity (Wildman–Crippen MR) is 309 cm³/mol. The van der Waals surface area contributed by atoms with E-state index in [1.807, 2.05) is 0 Å². The van der Waals surface area contributed by atoms with Crippen molar-refractivity contribution in [2.75, 3.05) is 26.3 Å². The molecule has 8 aliphatic carbocycles. The Morgan fingerprint density at radius 3 is 1.35 bits per heavy atom. The zero-order valence-electron chi connectivity index (χ0n) is 50.3. The molecule has 0 aliphatic heterocycles. The molecule has 2 amide bonds. The molecule has 0 radical (unpaired) electrons. The summed E-state index contributed by atoms with van der Waals surface area (Å²) in [6.07, 6.45) is 30.6. The first-order valence-corrected chi connectivity index (χ1v) is 31.8. The molecule has 0 spiro atoms. The minimum atomic E-state index is -0.676. The molecule has 0 saturated heterocycles. The van der Waals surface area contributed by atoms with Gasteiger partial charge in [0.05, 0.1) is 12.8 Å². The van der Waals surface area contributed by atoms with Gasteiger partial charge < -0.3 is 29.6 Å². The van der Waals surface area contributed by atoms with Crippen LogP contribution in [0.25, 0.3) is 0 Å². The van der Waals surface area contributed by atoms with Crippen LogP contribution in [0.4, 0.5) is 9.59 Å². The van der Waals surface area contributed by atoms with Crippen molar-refractivity contribution < 1.29 is 38.1 Å². The molecule has 16 atom stereocenters. The summed E-state index contributed by atoms with van der Waals surface area (Å²) >= 11 is 0. The Morgan fingerprint density at radius 1 is 0.538 bits per heavy atom. The maximum atomic E-state index is 12.9. The van der Waals surface area contributed by atoms with E-state index in [4.69, 9.17) is 18.9 Å². The Balaban J connectivity index is 0.654. The number of alkyl carbamates (subject to hydrolysis) is 2. The molecule has 2 N–H and O–H groups in total. The number of fused-ring (bicyclic) bond motifs is 10. The number of rotatable bonds is 20. The third-order valence-electron chi connectivity index (χ3n) is 23.1. The number of nitrogens with one attached hydrogen (secondary N) is 2. The molecule has 0 bridgehead atoms. The van der Waals surface area contributed by atoms with Gasteiger partial charge in [-0.05, 0) is 206 Å². The van der Waals surface area contributed by atoms with Crippen molar-refractivity contribution in [2.45, 2.75) is 236 Å². The fourth-order valence-corrected chi connectivity index (χ4v) is 19.0. The van der Waals surface area contributed by atoms with E-state index in [1.54, 1.807) is 0 Å². The second-order valence-corrected chi connectivity index (χ2v) is 28.4. The number of amides is 2. The Labute approximate surface area is 472 Å². The molecule has 8 rings (SSSR count). The minimum absolute atomic E-state index is 0.0665. The van der Waals surface area contributed by atoms with Gasteiger partial charge in [-0.25, -0.2) is 9.59 Å². The van der Waals surface area contributed by atoms with Crippen LogP contribution in [0.3, 0.4) is 0 Å². The molecule has 0 aromatic heterocycles. The van der Waals surface area contributed by atoms with Crippen LogP contribution in [0.1, 0.15) is 223 Å². The summed E-state index contributed by atoms with van der Waals surface area (Å²) < 4.78 is 22.2. The maximum absolute atomic E-state index is 12.9. The number of ether oxygens (including phenoxy) is 4. The summed E-state index contributed by atoms with van der Waals surface area (Å²) in [5.74, 6) is 19.4. The van der Waals surface area contributed by atoms with Gasteiger partial charge in [0, 0.05) is 25.9 Å². The average Bonchev–Trinajstić information content (AvgIpc) is 3.97. The fraction of sp³-hybridized carbons (Fsp3) is 0.824. The maximum Gasteiger partial charge on any atom is 0.408 e. The van der Waals surface area contributed by atoms with E-state index in [-0.39, 0.29) is 74.1 Å². The number of hydrogen-bond donors (Lipinski definition) is 2. The van der Waals surface area contributed by atoms with Crippen LogP contribution in [0, 0.1) is 116 Å². The van der Waals surface area contributed by atoms with Crippen LogP contribution in [0.15, 0.2) is 23.3 Å². The summed E-state index contributed by atoms with van der Waals surface area (Å²) in [5.41, 5.74) is 4.33. The van der Waals surface area contributed by atoms with E-state index in [9.17, 15) is 19.2 Å². The van der Waals surface area contributed by atoms with Crippen molar-refractivity contribution in [3.8, 4) is 23.7 Å². The molecule has 434 valence electrons. The quantitative estimate of drug-likeness (QED) is 0.0534. The Hall–Kier alpha value is -3.92. The number of carbonyl (C=O) groups is 4. The van der Waals surface area contributed by atoms with Crippen molar-refractivity contribution in [1.82, 2.24) is 10.6 Å². The highest BCUT2D eigenvalue weighted by molar-refractivity contribution is 5.73. The lowest BCUT2D eigenvalue weighted by molar-refractivity contribution is -0.152. The van der Waals surface area contributed by atoms with Crippen molar-refractivity contribution >= 4 is 24.1 Å². The monoisotopic (exact) mass is 1080 g/mol. The van der Waals surface area contributed by atoms with E-state index in [0.29, 0.717) is 10.8 Å². The van der Waals surface area contributed by atoms with Crippen molar-refractivity contribution in [2.24, 2.45) is 92.7 Å². The van der Waals surface area contributed by atoms with Crippen LogP contribution >= 0.6 is 0 Å². The SMILES string of the molecule is CC(C)CCC[C@@H](C)[C@H]1CC[C@H]2[C@@H]3CC=C4C[C@@H](OC(=O)CCNC(=O)OCC#CC#CCOC(=O)NCCC(=O)O[C@H]5CC[C@@]6(C)C(=CC[C@H]7[C@@H]8CC[C@H]([C@H](C)CCCC(C)C)[C@@]8(C)CC[C@@H]76)C5)CC[C@]4(C)[C@H]3CC[C@]12C. The van der Waals surface area contributed by atoms with Crippen molar-refractivity contribution in [3.05, 3.63) is 23.3 Å². The standard InChI is InChI=1S/C68H104N2O8/c1-45(2)17-15-19-47(5)55-25-27-57-53-23-21-49-43-51(29-35-65(49,7)59(53)31-37-67(55,57)9)77-61(71)33-39-69-63(73)75-41-13-11-12-14-42-76-64(74)70-40-34-62(72)78-52-30-36-66(8)50(44-52)22-24-54-58-28-26-56(48(6)20-16-18-46(3)4)68(58,10)38-32-60(54)66/h21-22,45-48,51-60H,15-20,23-44H2,1-10H3,(H,69,73)(H,70,74)/t47-,48-,51+,52+,53+,54+,55-,56-,57+,58+,59+,60+,65+,66+,67-,68-/m1/s1. The molecule has 0 heterocycles. The molecule has 0 aromatic carbocycles. The van der Waals surface area contributed by atoms with Gasteiger partial charge in [-0.2, -0.15) is 0 Å². The van der Waals surface area contributed by atoms with Crippen molar-refractivity contribution in [1.29, 1.82) is 0 Å². The van der Waals surface area contributed by atoms with Crippen LogP contribution in [0.5, 0.6) is 0 Å². The Bertz CT molecular complexity index is 2140. The number of carbonyl (C=O) groups excluding carboxylic acids is 4. The number of allylic oxidation sites excluding steroid dienone is 2. The molecule has 0 aromatic rings. The number of esters is 2. The highest BCUT2D eigenvalue weighted by Gasteiger charge is 2.61. The lowest BCUT2D eigenvalue weighted by Crippen LogP contribution is -2.51. The molecule has 6 saturated carbocycles. The molecule has 10 nitrogen and oxygen atoms in total. The van der Waals surface area contributed by atoms with E-state index < -0.39 is 12.2 Å². The van der Waals surface area contributed by atoms with Crippen LogP contribution in [-0.4, -0.2) is 62.6 Å². The van der Waals surface area contributed by atoms with E-state index in [2.05, 4.69) is 116 Å². The van der Waals surface area contributed by atoms with Gasteiger partial charge in [-0.3, -0.25) is 9.59 Å². The first-order valence-electron chi connectivity index (χ1n) is 31.8. The summed E-state index contributed by atoms with van der Waals surface area (Å²) in [7, 11) is 0. The second kappa shape index (κ2) is 26.3. The van der Waals surface area contributed by atoms with E-state index in [0.717, 1.165) is 110 Å². The normalized spacial score (nSPS) is 36.1. The van der Waals surface area contributed by atoms with Gasteiger partial charge in [-0.1, -0.05) is 131 Å². The molecule has 6 fully saturated rings. The molecular formula is C68H104N2O8. The third-order valence-corrected chi connectivity index (χ3v) is 23.1. The van der Waals surface area contributed by atoms with E-state index in [1.165, 1.54) is 114 Å². The van der Waals surface area contributed by atoms with Gasteiger partial charge in [-0.15, -0.1) is 0 Å². The topological polar surface area (TPSA) is 129 Å². The lowest BCUT2D eigenvalue weighted by Gasteiger charge is -2.58. The van der Waals surface area contributed by atoms with E-state index >= 15 is 0 Å². The Kier molecular flexibility index (Phi) is 20.3. The molecule has 0 unspecified atom stereocenters. The second-order valence-electron chi connectivity index (χ2n) is 28.4. The smallest absolute Gasteiger partial charge is 0.408 e. The first kappa shape index (κ1) is 60.2. The van der Waals surface area contributed by atoms with Gasteiger partial charge in [0.2, 0.25) is 0 Å². The number of hydrogen-bond acceptors (Lipinski definition) is 8. The van der Waals surface area contributed by atoms with Crippen molar-refractivity contribution in [3.63, 3.8) is 0 Å². The van der Waals surface area contributed by atoms with Gasteiger partial charge in [0.15, 0.2) is 13.2 Å². The lowest BCUT2D eigenvalue weighted by atomic mass is 9.47. The molecule has 10 heteroatoms.